The number of halogens is 1. The lowest BCUT2D eigenvalue weighted by atomic mass is 10.3. The molecular weight excluding hydrogens is 247 g/mol. The number of hydrogen-bond donors (Lipinski definition) is 0. The molecule has 0 aliphatic rings. The molecule has 0 saturated heterocycles. The third-order valence-corrected chi connectivity index (χ3v) is 2.40. The van der Waals surface area contributed by atoms with Crippen LogP contribution in [0, 0.1) is 5.95 Å². The number of benzene rings is 1. The molecule has 0 atom stereocenters. The van der Waals surface area contributed by atoms with Gasteiger partial charge in [0.15, 0.2) is 0 Å². The molecule has 0 fully saturated rings. The molecule has 0 aliphatic heterocycles. The molecule has 2 aromatic heterocycles. The summed E-state index contributed by atoms with van der Waals surface area (Å²) in [6.07, 6.45) is 2.85. The molecule has 3 rings (SSSR count). The minimum atomic E-state index is -0.611. The van der Waals surface area contributed by atoms with Gasteiger partial charge in [0.1, 0.15) is 12.1 Å². The smallest absolute Gasteiger partial charge is 0.341 e. The van der Waals surface area contributed by atoms with Crippen LogP contribution in [0.5, 0.6) is 11.8 Å². The predicted molar refractivity (Wildman–Crippen MR) is 65.6 cm³/mol. The lowest BCUT2D eigenvalue weighted by Gasteiger charge is -2.00. The number of hydrogen-bond acceptors (Lipinski definition) is 4. The zero-order chi connectivity index (χ0) is 13.1. The maximum absolute atomic E-state index is 12.9. The van der Waals surface area contributed by atoms with E-state index in [9.17, 15) is 4.39 Å². The van der Waals surface area contributed by atoms with Crippen molar-refractivity contribution in [3.05, 3.63) is 60.9 Å². The Morgan fingerprint density at radius 3 is 2.68 bits per heavy atom. The average molecular weight is 256 g/mol. The van der Waals surface area contributed by atoms with Gasteiger partial charge in [-0.2, -0.15) is 9.37 Å². The lowest BCUT2D eigenvalue weighted by molar-refractivity contribution is 0.435. The topological polar surface area (TPSA) is 52.8 Å². The summed E-state index contributed by atoms with van der Waals surface area (Å²) in [6.45, 7) is 0. The van der Waals surface area contributed by atoms with Crippen LogP contribution in [0.15, 0.2) is 55.0 Å². The number of aromatic nitrogens is 4. The van der Waals surface area contributed by atoms with Crippen molar-refractivity contribution in [1.82, 2.24) is 19.7 Å². The minimum absolute atomic E-state index is 0.148. The molecule has 19 heavy (non-hydrogen) atoms. The lowest BCUT2D eigenvalue weighted by Crippen LogP contribution is -1.94. The Morgan fingerprint density at radius 2 is 1.89 bits per heavy atom. The summed E-state index contributed by atoms with van der Waals surface area (Å²) in [7, 11) is 0. The molecule has 0 saturated carbocycles. The Morgan fingerprint density at radius 1 is 1.05 bits per heavy atom. The molecule has 0 radical (unpaired) electrons. The summed E-state index contributed by atoms with van der Waals surface area (Å²) in [4.78, 5) is 7.45. The average Bonchev–Trinajstić information content (AvgIpc) is 2.88. The maximum atomic E-state index is 12.9. The van der Waals surface area contributed by atoms with Crippen LogP contribution in [-0.2, 0) is 0 Å². The van der Waals surface area contributed by atoms with Crippen molar-refractivity contribution in [2.24, 2.45) is 0 Å². The number of ether oxygens (including phenoxy) is 1. The van der Waals surface area contributed by atoms with Crippen LogP contribution in [0.1, 0.15) is 0 Å². The van der Waals surface area contributed by atoms with Crippen LogP contribution in [0.3, 0.4) is 0 Å². The van der Waals surface area contributed by atoms with E-state index < -0.39 is 5.95 Å². The van der Waals surface area contributed by atoms with E-state index >= 15 is 0 Å². The molecular formula is C13H9FN4O. The highest BCUT2D eigenvalue weighted by atomic mass is 19.1. The fourth-order valence-electron chi connectivity index (χ4n) is 1.55. The third kappa shape index (κ3) is 2.57. The molecule has 94 valence electrons. The van der Waals surface area contributed by atoms with Gasteiger partial charge in [-0.1, -0.05) is 18.2 Å². The Hall–Kier alpha value is -2.76. The van der Waals surface area contributed by atoms with Crippen molar-refractivity contribution in [2.75, 3.05) is 0 Å². The number of pyridine rings is 1. The van der Waals surface area contributed by atoms with Crippen molar-refractivity contribution in [3.63, 3.8) is 0 Å². The first-order valence-corrected chi connectivity index (χ1v) is 5.58. The van der Waals surface area contributed by atoms with Gasteiger partial charge in [-0.25, -0.2) is 9.67 Å². The van der Waals surface area contributed by atoms with Crippen LogP contribution < -0.4 is 4.74 Å². The monoisotopic (exact) mass is 256 g/mol. The fourth-order valence-corrected chi connectivity index (χ4v) is 1.55. The first kappa shape index (κ1) is 11.3. The number of nitrogens with zero attached hydrogens (tertiary/aromatic N) is 4. The molecule has 5 nitrogen and oxygen atoms in total. The van der Waals surface area contributed by atoms with E-state index in [2.05, 4.69) is 15.1 Å². The minimum Gasteiger partial charge on any atom is -0.423 e. The van der Waals surface area contributed by atoms with Gasteiger partial charge in [-0.3, -0.25) is 0 Å². The Kier molecular flexibility index (Phi) is 2.89. The largest absolute Gasteiger partial charge is 0.423 e. The molecule has 0 amide bonds. The second-order valence-corrected chi connectivity index (χ2v) is 3.72. The third-order valence-electron chi connectivity index (χ3n) is 2.40. The fraction of sp³-hybridized carbons (Fsp3) is 0. The quantitative estimate of drug-likeness (QED) is 0.676. The molecule has 0 unspecified atom stereocenters. The van der Waals surface area contributed by atoms with E-state index in [0.29, 0.717) is 5.75 Å². The Balaban J connectivity index is 1.82. The molecule has 0 N–H and O–H groups in total. The molecule has 2 heterocycles. The normalized spacial score (nSPS) is 10.4. The van der Waals surface area contributed by atoms with Crippen molar-refractivity contribution in [1.29, 1.82) is 0 Å². The summed E-state index contributed by atoms with van der Waals surface area (Å²) in [5.74, 6) is -0.307. The first-order valence-electron chi connectivity index (χ1n) is 5.58. The molecule has 0 bridgehead atoms. The zero-order valence-electron chi connectivity index (χ0n) is 9.77. The molecule has 3 aromatic rings. The summed E-state index contributed by atoms with van der Waals surface area (Å²) in [5.41, 5.74) is 0.866. The van der Waals surface area contributed by atoms with E-state index in [1.54, 1.807) is 4.68 Å². The van der Waals surface area contributed by atoms with Crippen LogP contribution in [0.4, 0.5) is 4.39 Å². The Bertz CT molecular complexity index is 684. The molecule has 0 aliphatic carbocycles. The summed E-state index contributed by atoms with van der Waals surface area (Å²) >= 11 is 0. The maximum Gasteiger partial charge on any atom is 0.341 e. The highest BCUT2D eigenvalue weighted by Crippen LogP contribution is 2.17. The SMILES string of the molecule is Fc1cc(Oc2ncn(-c3ccccc3)n2)ccn1. The van der Waals surface area contributed by atoms with Crippen LogP contribution in [-0.4, -0.2) is 19.7 Å². The second kappa shape index (κ2) is 4.85. The first-order chi connectivity index (χ1) is 9.31. The molecule has 0 spiro atoms. The highest BCUT2D eigenvalue weighted by Gasteiger charge is 2.05. The van der Waals surface area contributed by atoms with E-state index in [-0.39, 0.29) is 6.01 Å². The zero-order valence-corrected chi connectivity index (χ0v) is 9.77. The van der Waals surface area contributed by atoms with E-state index in [0.717, 1.165) is 5.69 Å². The van der Waals surface area contributed by atoms with Gasteiger partial charge in [0.05, 0.1) is 5.69 Å². The van der Waals surface area contributed by atoms with Gasteiger partial charge < -0.3 is 4.74 Å². The summed E-state index contributed by atoms with van der Waals surface area (Å²) < 4.78 is 19.8. The van der Waals surface area contributed by atoms with Crippen molar-refractivity contribution in [3.8, 4) is 17.4 Å². The van der Waals surface area contributed by atoms with Crippen LogP contribution in [0.25, 0.3) is 5.69 Å². The van der Waals surface area contributed by atoms with Crippen molar-refractivity contribution in [2.45, 2.75) is 0 Å². The van der Waals surface area contributed by atoms with Gasteiger partial charge in [0.2, 0.25) is 5.95 Å². The highest BCUT2D eigenvalue weighted by molar-refractivity contribution is 5.30. The summed E-state index contributed by atoms with van der Waals surface area (Å²) in [5, 5.41) is 4.15. The van der Waals surface area contributed by atoms with Crippen LogP contribution in [0.2, 0.25) is 0 Å². The van der Waals surface area contributed by atoms with E-state index in [4.69, 9.17) is 4.74 Å². The van der Waals surface area contributed by atoms with Gasteiger partial charge >= 0.3 is 6.01 Å². The Labute approximate surface area is 108 Å². The number of para-hydroxylation sites is 1. The number of rotatable bonds is 3. The molecule has 6 heteroatoms. The summed E-state index contributed by atoms with van der Waals surface area (Å²) in [6, 6.07) is 12.3. The van der Waals surface area contributed by atoms with Crippen molar-refractivity contribution >= 4 is 0 Å². The second-order valence-electron chi connectivity index (χ2n) is 3.72. The van der Waals surface area contributed by atoms with Gasteiger partial charge in [-0.05, 0) is 18.2 Å². The van der Waals surface area contributed by atoms with E-state index in [1.165, 1.54) is 24.7 Å². The molecule has 1 aromatic carbocycles. The van der Waals surface area contributed by atoms with Crippen molar-refractivity contribution < 1.29 is 9.13 Å². The van der Waals surface area contributed by atoms with Gasteiger partial charge in [0, 0.05) is 12.3 Å². The standard InChI is InChI=1S/C13H9FN4O/c14-12-8-11(6-7-15-12)19-13-16-9-18(17-13)10-4-2-1-3-5-10/h1-9H. The van der Waals surface area contributed by atoms with Crippen LogP contribution >= 0.6 is 0 Å². The van der Waals surface area contributed by atoms with E-state index in [1.807, 2.05) is 30.3 Å². The predicted octanol–water partition coefficient (Wildman–Crippen LogP) is 2.59. The van der Waals surface area contributed by atoms with Gasteiger partial charge in [0.25, 0.3) is 0 Å². The van der Waals surface area contributed by atoms with Gasteiger partial charge in [-0.15, -0.1) is 5.10 Å².